The first-order chi connectivity index (χ1) is 8.18. The molecule has 2 heterocycles. The molecular formula is C9H11ClN4O2S. The quantitative estimate of drug-likeness (QED) is 0.466. The van der Waals surface area contributed by atoms with Gasteiger partial charge >= 0.3 is 5.69 Å². The molecule has 0 spiro atoms. The van der Waals surface area contributed by atoms with Gasteiger partial charge in [0.2, 0.25) is 11.1 Å². The number of halogens is 1. The predicted octanol–water partition coefficient (Wildman–Crippen LogP) is 1.98. The number of rotatable bonds is 2. The van der Waals surface area contributed by atoms with Gasteiger partial charge in [-0.2, -0.15) is 16.7 Å². The Bertz CT molecular complexity index is 423. The molecule has 0 atom stereocenters. The van der Waals surface area contributed by atoms with Crippen molar-refractivity contribution in [3.05, 3.63) is 21.6 Å². The lowest BCUT2D eigenvalue weighted by molar-refractivity contribution is -0.384. The average Bonchev–Trinajstić information content (AvgIpc) is 2.56. The van der Waals surface area contributed by atoms with E-state index in [1.165, 1.54) is 6.20 Å². The summed E-state index contributed by atoms with van der Waals surface area (Å²) in [5.74, 6) is 2.35. The minimum atomic E-state index is -0.469. The molecule has 0 saturated carbocycles. The zero-order chi connectivity index (χ0) is 12.3. The van der Waals surface area contributed by atoms with Crippen molar-refractivity contribution in [3.8, 4) is 0 Å². The summed E-state index contributed by atoms with van der Waals surface area (Å²) < 4.78 is 0. The molecule has 6 nitrogen and oxygen atoms in total. The van der Waals surface area contributed by atoms with Crippen LogP contribution < -0.4 is 4.90 Å². The van der Waals surface area contributed by atoms with Crippen molar-refractivity contribution in [1.29, 1.82) is 0 Å². The lowest BCUT2D eigenvalue weighted by Gasteiger charge is -2.20. The second-order valence-electron chi connectivity index (χ2n) is 3.56. The van der Waals surface area contributed by atoms with Crippen LogP contribution in [0.2, 0.25) is 5.28 Å². The highest BCUT2D eigenvalue weighted by Crippen LogP contribution is 2.27. The fourth-order valence-electron chi connectivity index (χ4n) is 1.67. The van der Waals surface area contributed by atoms with Gasteiger partial charge in [0, 0.05) is 18.8 Å². The summed E-state index contributed by atoms with van der Waals surface area (Å²) >= 11 is 7.55. The molecule has 0 bridgehead atoms. The van der Waals surface area contributed by atoms with Crippen LogP contribution in [0.4, 0.5) is 11.5 Å². The van der Waals surface area contributed by atoms with E-state index in [0.717, 1.165) is 31.0 Å². The Labute approximate surface area is 108 Å². The molecule has 1 aliphatic heterocycles. The predicted molar refractivity (Wildman–Crippen MR) is 67.9 cm³/mol. The van der Waals surface area contributed by atoms with Crippen LogP contribution in [-0.4, -0.2) is 39.5 Å². The van der Waals surface area contributed by atoms with E-state index in [-0.39, 0.29) is 11.0 Å². The highest BCUT2D eigenvalue weighted by atomic mass is 35.5. The smallest absolute Gasteiger partial charge is 0.329 e. The number of hydrogen-bond acceptors (Lipinski definition) is 6. The van der Waals surface area contributed by atoms with E-state index in [4.69, 9.17) is 11.6 Å². The lowest BCUT2D eigenvalue weighted by Crippen LogP contribution is -2.27. The van der Waals surface area contributed by atoms with Crippen LogP contribution in [0.5, 0.6) is 0 Å². The first kappa shape index (κ1) is 12.4. The minimum absolute atomic E-state index is 0.0440. The second kappa shape index (κ2) is 5.50. The summed E-state index contributed by atoms with van der Waals surface area (Å²) in [6.45, 7) is 1.51. The highest BCUT2D eigenvalue weighted by Gasteiger charge is 2.23. The van der Waals surface area contributed by atoms with Crippen LogP contribution in [0, 0.1) is 10.1 Å². The van der Waals surface area contributed by atoms with E-state index in [1.54, 1.807) is 0 Å². The summed E-state index contributed by atoms with van der Waals surface area (Å²) in [6, 6.07) is 0. The van der Waals surface area contributed by atoms with E-state index in [9.17, 15) is 10.1 Å². The number of anilines is 1. The van der Waals surface area contributed by atoms with Crippen LogP contribution in [0.1, 0.15) is 6.42 Å². The molecule has 1 aliphatic rings. The van der Waals surface area contributed by atoms with Crippen LogP contribution in [-0.2, 0) is 0 Å². The Hall–Kier alpha value is -1.08. The zero-order valence-electron chi connectivity index (χ0n) is 9.00. The normalized spacial score (nSPS) is 16.6. The maximum atomic E-state index is 10.9. The molecule has 1 aromatic rings. The van der Waals surface area contributed by atoms with Gasteiger partial charge in [-0.25, -0.2) is 4.98 Å². The van der Waals surface area contributed by atoms with Crippen LogP contribution >= 0.6 is 23.4 Å². The van der Waals surface area contributed by atoms with Gasteiger partial charge in [0.25, 0.3) is 0 Å². The maximum Gasteiger partial charge on any atom is 0.329 e. The largest absolute Gasteiger partial charge is 0.350 e. The van der Waals surface area contributed by atoms with Crippen molar-refractivity contribution >= 4 is 34.9 Å². The van der Waals surface area contributed by atoms with Crippen molar-refractivity contribution in [2.75, 3.05) is 29.5 Å². The van der Waals surface area contributed by atoms with Crippen molar-refractivity contribution < 1.29 is 4.92 Å². The molecule has 1 saturated heterocycles. The average molecular weight is 275 g/mol. The first-order valence-electron chi connectivity index (χ1n) is 5.18. The fourth-order valence-corrected chi connectivity index (χ4v) is 2.68. The monoisotopic (exact) mass is 274 g/mol. The number of nitrogens with zero attached hydrogens (tertiary/aromatic N) is 4. The Morgan fingerprint density at radius 1 is 1.47 bits per heavy atom. The highest BCUT2D eigenvalue weighted by molar-refractivity contribution is 7.99. The molecule has 0 aromatic carbocycles. The van der Waals surface area contributed by atoms with Crippen molar-refractivity contribution in [3.63, 3.8) is 0 Å². The van der Waals surface area contributed by atoms with Gasteiger partial charge in [-0.05, 0) is 23.8 Å². The maximum absolute atomic E-state index is 10.9. The van der Waals surface area contributed by atoms with E-state index >= 15 is 0 Å². The van der Waals surface area contributed by atoms with Crippen LogP contribution in [0.15, 0.2) is 6.20 Å². The molecule has 0 amide bonds. The summed E-state index contributed by atoms with van der Waals surface area (Å²) in [5, 5.41) is 11.0. The minimum Gasteiger partial charge on any atom is -0.350 e. The lowest BCUT2D eigenvalue weighted by atomic mass is 10.3. The molecule has 0 radical (unpaired) electrons. The summed E-state index contributed by atoms with van der Waals surface area (Å²) in [5.41, 5.74) is -0.0821. The third-order valence-electron chi connectivity index (χ3n) is 2.44. The Balaban J connectivity index is 2.34. The van der Waals surface area contributed by atoms with Gasteiger partial charge in [0.15, 0.2) is 0 Å². The van der Waals surface area contributed by atoms with E-state index < -0.39 is 4.92 Å². The third kappa shape index (κ3) is 2.98. The van der Waals surface area contributed by atoms with E-state index in [1.807, 2.05) is 16.7 Å². The first-order valence-corrected chi connectivity index (χ1v) is 6.71. The molecule has 0 N–H and O–H groups in total. The summed E-state index contributed by atoms with van der Waals surface area (Å²) in [4.78, 5) is 20.0. The molecule has 2 rings (SSSR count). The topological polar surface area (TPSA) is 72.2 Å². The third-order valence-corrected chi connectivity index (χ3v) is 3.67. The van der Waals surface area contributed by atoms with E-state index in [2.05, 4.69) is 9.97 Å². The number of hydrogen-bond donors (Lipinski definition) is 0. The second-order valence-corrected chi connectivity index (χ2v) is 5.12. The summed E-state index contributed by atoms with van der Waals surface area (Å²) in [7, 11) is 0. The molecule has 1 fully saturated rings. The van der Waals surface area contributed by atoms with E-state index in [0.29, 0.717) is 5.82 Å². The number of nitro groups is 1. The Kier molecular flexibility index (Phi) is 4.01. The molecule has 17 heavy (non-hydrogen) atoms. The van der Waals surface area contributed by atoms with Gasteiger partial charge in [0.1, 0.15) is 6.20 Å². The van der Waals surface area contributed by atoms with Crippen molar-refractivity contribution in [2.45, 2.75) is 6.42 Å². The molecule has 0 aliphatic carbocycles. The molecule has 1 aromatic heterocycles. The molecule has 0 unspecified atom stereocenters. The SMILES string of the molecule is O=[N+]([O-])c1cnc(Cl)nc1N1CCCSCC1. The summed E-state index contributed by atoms with van der Waals surface area (Å²) in [6.07, 6.45) is 2.16. The zero-order valence-corrected chi connectivity index (χ0v) is 10.6. The molecule has 8 heteroatoms. The van der Waals surface area contributed by atoms with Gasteiger partial charge in [-0.1, -0.05) is 0 Å². The number of aromatic nitrogens is 2. The van der Waals surface area contributed by atoms with Crippen molar-refractivity contribution in [1.82, 2.24) is 9.97 Å². The van der Waals surface area contributed by atoms with Gasteiger partial charge < -0.3 is 4.90 Å². The Morgan fingerprint density at radius 2 is 2.29 bits per heavy atom. The number of thioether (sulfide) groups is 1. The Morgan fingerprint density at radius 3 is 3.06 bits per heavy atom. The van der Waals surface area contributed by atoms with Gasteiger partial charge in [-0.15, -0.1) is 0 Å². The standard InChI is InChI=1S/C9H11ClN4O2S/c10-9-11-6-7(14(15)16)8(12-9)13-2-1-4-17-5-3-13/h6H,1-5H2. The fraction of sp³-hybridized carbons (Fsp3) is 0.556. The van der Waals surface area contributed by atoms with Crippen LogP contribution in [0.3, 0.4) is 0 Å². The van der Waals surface area contributed by atoms with Gasteiger partial charge in [0.05, 0.1) is 4.92 Å². The van der Waals surface area contributed by atoms with Gasteiger partial charge in [-0.3, -0.25) is 10.1 Å². The molecule has 92 valence electrons. The van der Waals surface area contributed by atoms with Crippen molar-refractivity contribution in [2.24, 2.45) is 0 Å². The van der Waals surface area contributed by atoms with Crippen LogP contribution in [0.25, 0.3) is 0 Å². The molecular weight excluding hydrogens is 264 g/mol.